The fourth-order valence-corrected chi connectivity index (χ4v) is 4.51. The van der Waals surface area contributed by atoms with Gasteiger partial charge in [-0.2, -0.15) is 9.78 Å². The van der Waals surface area contributed by atoms with Crippen LogP contribution in [0.1, 0.15) is 23.9 Å². The van der Waals surface area contributed by atoms with Crippen molar-refractivity contribution in [3.8, 4) is 5.75 Å². The van der Waals surface area contributed by atoms with Gasteiger partial charge in [0.25, 0.3) is 5.56 Å². The number of hydrogen-bond acceptors (Lipinski definition) is 6. The minimum absolute atomic E-state index is 0.000588. The van der Waals surface area contributed by atoms with Gasteiger partial charge in [-0.05, 0) is 36.4 Å². The van der Waals surface area contributed by atoms with Crippen LogP contribution in [0.3, 0.4) is 0 Å². The topological polar surface area (TPSA) is 99.6 Å². The number of benzene rings is 3. The molecule has 36 heavy (non-hydrogen) atoms. The van der Waals surface area contributed by atoms with E-state index >= 15 is 0 Å². The number of nitro benzene ring substituents is 1. The van der Waals surface area contributed by atoms with Gasteiger partial charge in [-0.25, -0.2) is 4.98 Å². The molecular weight excluding hydrogens is 595 g/mol. The number of hydrogen-bond donors (Lipinski definition) is 0. The Balaban J connectivity index is 1.70. The van der Waals surface area contributed by atoms with Crippen molar-refractivity contribution in [2.45, 2.75) is 20.0 Å². The molecule has 0 aliphatic heterocycles. The lowest BCUT2D eigenvalue weighted by molar-refractivity contribution is -0.385. The summed E-state index contributed by atoms with van der Waals surface area (Å²) in [7, 11) is 0. The molecule has 0 N–H and O–H groups in total. The summed E-state index contributed by atoms with van der Waals surface area (Å²) in [6.07, 6.45) is 1.75. The van der Waals surface area contributed by atoms with Crippen LogP contribution < -0.4 is 10.3 Å². The van der Waals surface area contributed by atoms with Crippen LogP contribution in [0.2, 0.25) is 15.1 Å². The van der Waals surface area contributed by atoms with Crippen molar-refractivity contribution in [2.24, 2.45) is 5.10 Å². The third kappa shape index (κ3) is 5.54. The molecule has 12 heteroatoms. The van der Waals surface area contributed by atoms with E-state index in [2.05, 4.69) is 26.0 Å². The maximum absolute atomic E-state index is 13.1. The summed E-state index contributed by atoms with van der Waals surface area (Å²) in [6, 6.07) is 12.8. The van der Waals surface area contributed by atoms with Crippen LogP contribution in [0.15, 0.2) is 62.9 Å². The lowest BCUT2D eigenvalue weighted by atomic mass is 10.2. The fourth-order valence-electron chi connectivity index (χ4n) is 3.41. The summed E-state index contributed by atoms with van der Waals surface area (Å²) < 4.78 is 7.55. The zero-order chi connectivity index (χ0) is 26.0. The average Bonchev–Trinajstić information content (AvgIpc) is 2.83. The smallest absolute Gasteiger partial charge is 0.313 e. The van der Waals surface area contributed by atoms with Crippen LogP contribution in [0.25, 0.3) is 10.9 Å². The van der Waals surface area contributed by atoms with E-state index in [4.69, 9.17) is 39.5 Å². The molecule has 0 radical (unpaired) electrons. The SMILES string of the molecule is CCc1nc2ccc(Br)cc2c(=O)n1N=Cc1cc(Cl)c(OCc2ccc(Cl)cc2Cl)c([N+](=O)[O-])c1. The molecule has 8 nitrogen and oxygen atoms in total. The molecule has 0 atom stereocenters. The standard InChI is InChI=1S/C24H16BrCl3N4O4/c1-2-22-30-20-6-4-15(25)9-17(20)24(33)31(22)29-11-13-7-19(28)23(21(8-13)32(34)35)36-12-14-3-5-16(26)10-18(14)27/h3-11H,2,12H2,1H3. The first-order chi connectivity index (χ1) is 17.2. The Morgan fingerprint density at radius 1 is 1.14 bits per heavy atom. The summed E-state index contributed by atoms with van der Waals surface area (Å²) in [5.41, 5.74) is 0.700. The summed E-state index contributed by atoms with van der Waals surface area (Å²) in [4.78, 5) is 28.7. The number of halogens is 4. The summed E-state index contributed by atoms with van der Waals surface area (Å²) >= 11 is 21.8. The van der Waals surface area contributed by atoms with Gasteiger partial charge in [0.05, 0.1) is 27.1 Å². The van der Waals surface area contributed by atoms with Crippen molar-refractivity contribution in [3.05, 3.63) is 105 Å². The zero-order valence-electron chi connectivity index (χ0n) is 18.5. The predicted molar refractivity (Wildman–Crippen MR) is 145 cm³/mol. The molecule has 0 amide bonds. The second-order valence-electron chi connectivity index (χ2n) is 7.54. The Labute approximate surface area is 228 Å². The Hall–Kier alpha value is -2.98. The number of aromatic nitrogens is 2. The molecule has 0 saturated heterocycles. The van der Waals surface area contributed by atoms with Crippen LogP contribution >= 0.6 is 50.7 Å². The highest BCUT2D eigenvalue weighted by Gasteiger charge is 2.21. The molecule has 0 spiro atoms. The third-order valence-corrected chi connectivity index (χ3v) is 6.50. The molecule has 0 saturated carbocycles. The van der Waals surface area contributed by atoms with Crippen molar-refractivity contribution >= 4 is 73.5 Å². The van der Waals surface area contributed by atoms with Crippen molar-refractivity contribution in [1.82, 2.24) is 9.66 Å². The molecule has 0 aliphatic rings. The normalized spacial score (nSPS) is 11.4. The van der Waals surface area contributed by atoms with Gasteiger partial charge in [-0.15, -0.1) is 0 Å². The highest BCUT2D eigenvalue weighted by atomic mass is 79.9. The Bertz CT molecular complexity index is 1590. The van der Waals surface area contributed by atoms with E-state index in [9.17, 15) is 14.9 Å². The van der Waals surface area contributed by atoms with E-state index in [-0.39, 0.29) is 28.6 Å². The van der Waals surface area contributed by atoms with Crippen molar-refractivity contribution in [3.63, 3.8) is 0 Å². The Morgan fingerprint density at radius 3 is 2.61 bits per heavy atom. The van der Waals surface area contributed by atoms with Crippen LogP contribution in [0, 0.1) is 10.1 Å². The van der Waals surface area contributed by atoms with E-state index < -0.39 is 4.92 Å². The zero-order valence-corrected chi connectivity index (χ0v) is 22.4. The molecule has 0 unspecified atom stereocenters. The van der Waals surface area contributed by atoms with Crippen LogP contribution in [-0.4, -0.2) is 20.8 Å². The number of nitro groups is 1. The minimum Gasteiger partial charge on any atom is -0.481 e. The van der Waals surface area contributed by atoms with Gasteiger partial charge in [-0.3, -0.25) is 14.9 Å². The van der Waals surface area contributed by atoms with Gasteiger partial charge in [0, 0.05) is 38.1 Å². The van der Waals surface area contributed by atoms with Crippen molar-refractivity contribution in [1.29, 1.82) is 0 Å². The minimum atomic E-state index is -0.610. The highest BCUT2D eigenvalue weighted by Crippen LogP contribution is 2.37. The lowest BCUT2D eigenvalue weighted by Crippen LogP contribution is -2.22. The van der Waals surface area contributed by atoms with Gasteiger partial charge in [0.1, 0.15) is 12.4 Å². The van der Waals surface area contributed by atoms with E-state index in [0.29, 0.717) is 44.3 Å². The molecule has 4 aromatic rings. The first-order valence-electron chi connectivity index (χ1n) is 10.5. The predicted octanol–water partition coefficient (Wildman–Crippen LogP) is 7.05. The second kappa shape index (κ2) is 11.0. The molecular formula is C24H16BrCl3N4O4. The first kappa shape index (κ1) is 26.1. The van der Waals surface area contributed by atoms with Gasteiger partial charge >= 0.3 is 5.69 Å². The van der Waals surface area contributed by atoms with E-state index in [0.717, 1.165) is 4.47 Å². The molecule has 1 aromatic heterocycles. The van der Waals surface area contributed by atoms with Crippen LogP contribution in [0.5, 0.6) is 5.75 Å². The Morgan fingerprint density at radius 2 is 1.92 bits per heavy atom. The summed E-state index contributed by atoms with van der Waals surface area (Å²) in [6.45, 7) is 1.79. The average molecular weight is 611 g/mol. The van der Waals surface area contributed by atoms with Gasteiger partial charge in [0.2, 0.25) is 5.75 Å². The maximum Gasteiger partial charge on any atom is 0.313 e. The van der Waals surface area contributed by atoms with Gasteiger partial charge in [0.15, 0.2) is 0 Å². The largest absolute Gasteiger partial charge is 0.481 e. The first-order valence-corrected chi connectivity index (χ1v) is 12.4. The number of aryl methyl sites for hydroxylation is 1. The summed E-state index contributed by atoms with van der Waals surface area (Å²) in [5, 5.41) is 17.2. The molecule has 3 aromatic carbocycles. The number of fused-ring (bicyclic) bond motifs is 1. The lowest BCUT2D eigenvalue weighted by Gasteiger charge is -2.11. The molecule has 0 aliphatic carbocycles. The maximum atomic E-state index is 13.1. The van der Waals surface area contributed by atoms with Crippen LogP contribution in [-0.2, 0) is 13.0 Å². The van der Waals surface area contributed by atoms with Gasteiger partial charge < -0.3 is 4.74 Å². The molecule has 0 bridgehead atoms. The van der Waals surface area contributed by atoms with E-state index in [1.807, 2.05) is 6.92 Å². The third-order valence-electron chi connectivity index (χ3n) is 5.14. The van der Waals surface area contributed by atoms with Gasteiger partial charge in [-0.1, -0.05) is 63.7 Å². The molecule has 184 valence electrons. The van der Waals surface area contributed by atoms with Crippen molar-refractivity contribution in [2.75, 3.05) is 0 Å². The number of nitrogens with zero attached hydrogens (tertiary/aromatic N) is 4. The monoisotopic (exact) mass is 608 g/mol. The van der Waals surface area contributed by atoms with E-state index in [1.165, 1.54) is 23.0 Å². The molecule has 0 fully saturated rings. The fraction of sp³-hybridized carbons (Fsp3) is 0.125. The quantitative estimate of drug-likeness (QED) is 0.127. The second-order valence-corrected chi connectivity index (χ2v) is 9.70. The summed E-state index contributed by atoms with van der Waals surface area (Å²) in [5.74, 6) is 0.319. The molecule has 4 rings (SSSR count). The highest BCUT2D eigenvalue weighted by molar-refractivity contribution is 9.10. The molecule has 1 heterocycles. The van der Waals surface area contributed by atoms with Crippen LogP contribution in [0.4, 0.5) is 5.69 Å². The van der Waals surface area contributed by atoms with Crippen molar-refractivity contribution < 1.29 is 9.66 Å². The Kier molecular flexibility index (Phi) is 7.94. The number of ether oxygens (including phenoxy) is 1. The van der Waals surface area contributed by atoms with E-state index in [1.54, 1.807) is 36.4 Å². The number of rotatable bonds is 7.